The van der Waals surface area contributed by atoms with Gasteiger partial charge in [-0.15, -0.1) is 21.5 Å². The van der Waals surface area contributed by atoms with Gasteiger partial charge in [-0.3, -0.25) is 4.79 Å². The molecule has 1 aliphatic carbocycles. The lowest BCUT2D eigenvalue weighted by Crippen LogP contribution is -2.11. The van der Waals surface area contributed by atoms with Crippen LogP contribution in [-0.4, -0.2) is 20.7 Å². The number of nitrogens with one attached hydrogen (secondary N) is 1. The van der Waals surface area contributed by atoms with E-state index in [1.807, 2.05) is 41.3 Å². The lowest BCUT2D eigenvalue weighted by Gasteiger charge is -2.07. The molecule has 4 rings (SSSR count). The Hall–Kier alpha value is -2.12. The van der Waals surface area contributed by atoms with Gasteiger partial charge >= 0.3 is 0 Å². The molecule has 1 amide bonds. The molecule has 7 heteroatoms. The molecule has 1 saturated carbocycles. The third kappa shape index (κ3) is 3.22. The zero-order chi connectivity index (χ0) is 16.5. The van der Waals surface area contributed by atoms with E-state index >= 15 is 0 Å². The molecule has 122 valence electrons. The summed E-state index contributed by atoms with van der Waals surface area (Å²) in [7, 11) is 1.91. The van der Waals surface area contributed by atoms with Crippen LogP contribution in [0.2, 0.25) is 0 Å². The molecule has 3 aromatic rings. The van der Waals surface area contributed by atoms with Crippen molar-refractivity contribution >= 4 is 34.7 Å². The van der Waals surface area contributed by atoms with Crippen LogP contribution in [0.3, 0.4) is 0 Å². The van der Waals surface area contributed by atoms with E-state index < -0.39 is 0 Å². The molecule has 0 spiro atoms. The number of hydrogen-bond donors (Lipinski definition) is 1. The molecule has 2 heterocycles. The van der Waals surface area contributed by atoms with Gasteiger partial charge in [0, 0.05) is 17.6 Å². The third-order valence-electron chi connectivity index (χ3n) is 3.91. The van der Waals surface area contributed by atoms with Gasteiger partial charge in [0.05, 0.1) is 4.88 Å². The first-order valence-electron chi connectivity index (χ1n) is 7.71. The molecule has 1 N–H and O–H groups in total. The summed E-state index contributed by atoms with van der Waals surface area (Å²) in [5.74, 6) is 0.572. The van der Waals surface area contributed by atoms with E-state index in [-0.39, 0.29) is 5.91 Å². The number of rotatable bonds is 5. The van der Waals surface area contributed by atoms with Gasteiger partial charge in [-0.25, -0.2) is 0 Å². The Morgan fingerprint density at radius 1 is 1.29 bits per heavy atom. The fraction of sp³-hybridized carbons (Fsp3) is 0.235. The molecule has 0 unspecified atom stereocenters. The smallest absolute Gasteiger partial charge is 0.266 e. The average molecular weight is 356 g/mol. The summed E-state index contributed by atoms with van der Waals surface area (Å²) in [6.07, 6.45) is 4.07. The van der Waals surface area contributed by atoms with Crippen molar-refractivity contribution in [3.63, 3.8) is 0 Å². The number of amides is 1. The SMILES string of the molecule is Cn1cnnc1Sc1ccc(NC(=O)c2sccc2C2CC2)cc1. The molecule has 0 radical (unpaired) electrons. The standard InChI is InChI=1S/C17H16N4OS2/c1-21-10-18-20-17(21)24-13-6-4-12(5-7-13)19-16(22)15-14(8-9-23-15)11-2-3-11/h4-11H,2-3H2,1H3,(H,19,22). The summed E-state index contributed by atoms with van der Waals surface area (Å²) < 4.78 is 1.87. The monoisotopic (exact) mass is 356 g/mol. The molecule has 2 aromatic heterocycles. The van der Waals surface area contributed by atoms with Crippen molar-refractivity contribution in [3.8, 4) is 0 Å². The van der Waals surface area contributed by atoms with E-state index in [1.54, 1.807) is 6.33 Å². The summed E-state index contributed by atoms with van der Waals surface area (Å²) >= 11 is 3.06. The van der Waals surface area contributed by atoms with Gasteiger partial charge in [0.1, 0.15) is 6.33 Å². The predicted octanol–water partition coefficient (Wildman–Crippen LogP) is 4.16. The number of aryl methyl sites for hydroxylation is 1. The fourth-order valence-electron chi connectivity index (χ4n) is 2.48. The quantitative estimate of drug-likeness (QED) is 0.746. The van der Waals surface area contributed by atoms with Crippen LogP contribution in [0, 0.1) is 0 Å². The molecule has 0 saturated heterocycles. The molecule has 1 aromatic carbocycles. The lowest BCUT2D eigenvalue weighted by atomic mass is 10.1. The maximum absolute atomic E-state index is 12.5. The summed E-state index contributed by atoms with van der Waals surface area (Å²) in [5, 5.41) is 13.8. The van der Waals surface area contributed by atoms with Gasteiger partial charge in [-0.1, -0.05) is 0 Å². The van der Waals surface area contributed by atoms with Gasteiger partial charge < -0.3 is 9.88 Å². The summed E-state index contributed by atoms with van der Waals surface area (Å²) in [6.45, 7) is 0. The minimum absolute atomic E-state index is 0.0133. The second kappa shape index (κ2) is 6.41. The van der Waals surface area contributed by atoms with Crippen molar-refractivity contribution in [2.24, 2.45) is 7.05 Å². The van der Waals surface area contributed by atoms with Crippen LogP contribution in [0.4, 0.5) is 5.69 Å². The molecule has 0 bridgehead atoms. The molecule has 5 nitrogen and oxygen atoms in total. The first-order valence-corrected chi connectivity index (χ1v) is 9.41. The number of benzene rings is 1. The van der Waals surface area contributed by atoms with Crippen LogP contribution in [0.5, 0.6) is 0 Å². The maximum atomic E-state index is 12.5. The van der Waals surface area contributed by atoms with Crippen LogP contribution in [0.15, 0.2) is 52.1 Å². The first-order chi connectivity index (χ1) is 11.7. The largest absolute Gasteiger partial charge is 0.321 e. The maximum Gasteiger partial charge on any atom is 0.266 e. The van der Waals surface area contributed by atoms with E-state index in [0.717, 1.165) is 20.6 Å². The summed E-state index contributed by atoms with van der Waals surface area (Å²) in [6, 6.07) is 9.87. The zero-order valence-corrected chi connectivity index (χ0v) is 14.7. The Morgan fingerprint density at radius 3 is 2.75 bits per heavy atom. The summed E-state index contributed by atoms with van der Waals surface area (Å²) in [4.78, 5) is 14.4. The molecular weight excluding hydrogens is 340 g/mol. The number of nitrogens with zero attached hydrogens (tertiary/aromatic N) is 3. The molecule has 24 heavy (non-hydrogen) atoms. The Balaban J connectivity index is 1.44. The number of carbonyl (C=O) groups excluding carboxylic acids is 1. The highest BCUT2D eigenvalue weighted by molar-refractivity contribution is 7.99. The number of hydrogen-bond acceptors (Lipinski definition) is 5. The molecule has 0 atom stereocenters. The van der Waals surface area contributed by atoms with Gasteiger partial charge in [-0.2, -0.15) is 0 Å². The van der Waals surface area contributed by atoms with Crippen molar-refractivity contribution in [3.05, 3.63) is 52.5 Å². The van der Waals surface area contributed by atoms with Gasteiger partial charge in [0.15, 0.2) is 5.16 Å². The zero-order valence-electron chi connectivity index (χ0n) is 13.1. The van der Waals surface area contributed by atoms with E-state index in [4.69, 9.17) is 0 Å². The third-order valence-corrected chi connectivity index (χ3v) is 5.90. The van der Waals surface area contributed by atoms with Crippen molar-refractivity contribution in [1.29, 1.82) is 0 Å². The second-order valence-electron chi connectivity index (χ2n) is 5.78. The predicted molar refractivity (Wildman–Crippen MR) is 95.8 cm³/mol. The van der Waals surface area contributed by atoms with Crippen molar-refractivity contribution in [2.45, 2.75) is 28.8 Å². The lowest BCUT2D eigenvalue weighted by molar-refractivity contribution is 0.102. The average Bonchev–Trinajstić information content (AvgIpc) is 3.17. The highest BCUT2D eigenvalue weighted by Gasteiger charge is 2.28. The van der Waals surface area contributed by atoms with E-state index in [2.05, 4.69) is 21.6 Å². The number of aromatic nitrogens is 3. The van der Waals surface area contributed by atoms with Crippen LogP contribution >= 0.6 is 23.1 Å². The normalized spacial score (nSPS) is 13.9. The molecule has 0 aliphatic heterocycles. The molecular formula is C17H16N4OS2. The molecule has 1 aliphatic rings. The van der Waals surface area contributed by atoms with Crippen LogP contribution < -0.4 is 5.32 Å². The number of anilines is 1. The van der Waals surface area contributed by atoms with Crippen LogP contribution in [0.1, 0.15) is 34.0 Å². The van der Waals surface area contributed by atoms with E-state index in [0.29, 0.717) is 5.92 Å². The van der Waals surface area contributed by atoms with Crippen molar-refractivity contribution in [2.75, 3.05) is 5.32 Å². The van der Waals surface area contributed by atoms with E-state index in [9.17, 15) is 4.79 Å². The summed E-state index contributed by atoms with van der Waals surface area (Å²) in [5.41, 5.74) is 2.00. The Kier molecular flexibility index (Phi) is 4.12. The minimum atomic E-state index is -0.0133. The van der Waals surface area contributed by atoms with Gasteiger partial charge in [-0.05, 0) is 71.8 Å². The van der Waals surface area contributed by atoms with Gasteiger partial charge in [0.2, 0.25) is 0 Å². The van der Waals surface area contributed by atoms with Crippen molar-refractivity contribution < 1.29 is 4.79 Å². The highest BCUT2D eigenvalue weighted by Crippen LogP contribution is 2.43. The topological polar surface area (TPSA) is 59.8 Å². The van der Waals surface area contributed by atoms with E-state index in [1.165, 1.54) is 41.5 Å². The van der Waals surface area contributed by atoms with Crippen LogP contribution in [0.25, 0.3) is 0 Å². The second-order valence-corrected chi connectivity index (χ2v) is 7.74. The molecule has 1 fully saturated rings. The Bertz CT molecular complexity index is 865. The first kappa shape index (κ1) is 15.4. The number of thiophene rings is 1. The Labute approximate surface area is 148 Å². The van der Waals surface area contributed by atoms with Crippen LogP contribution in [-0.2, 0) is 7.05 Å². The highest BCUT2D eigenvalue weighted by atomic mass is 32.2. The number of carbonyl (C=O) groups is 1. The Morgan fingerprint density at radius 2 is 2.08 bits per heavy atom. The van der Waals surface area contributed by atoms with Crippen molar-refractivity contribution in [1.82, 2.24) is 14.8 Å². The fourth-order valence-corrected chi connectivity index (χ4v) is 4.13. The van der Waals surface area contributed by atoms with Gasteiger partial charge in [0.25, 0.3) is 5.91 Å². The minimum Gasteiger partial charge on any atom is -0.321 e.